The molecule has 3 aromatic carbocycles. The maximum atomic E-state index is 13.8. The van der Waals surface area contributed by atoms with E-state index < -0.39 is 0 Å². The lowest BCUT2D eigenvalue weighted by molar-refractivity contribution is -0.120. The highest BCUT2D eigenvalue weighted by molar-refractivity contribution is 6.07. The molecule has 5 rings (SSSR count). The number of fused-ring (bicyclic) bond motifs is 1. The Morgan fingerprint density at radius 3 is 2.26 bits per heavy atom. The molecule has 0 saturated carbocycles. The largest absolute Gasteiger partial charge is 0.326 e. The van der Waals surface area contributed by atoms with Crippen molar-refractivity contribution in [3.63, 3.8) is 0 Å². The first kappa shape index (κ1) is 26.2. The molecular weight excluding hydrogens is 470 g/mol. The van der Waals surface area contributed by atoms with Crippen molar-refractivity contribution >= 4 is 23.2 Å². The number of amides is 2. The summed E-state index contributed by atoms with van der Waals surface area (Å²) in [5.74, 6) is 0.404. The zero-order valence-corrected chi connectivity index (χ0v) is 22.8. The molecule has 0 radical (unpaired) electrons. The smallest absolute Gasteiger partial charge is 0.258 e. The van der Waals surface area contributed by atoms with Gasteiger partial charge >= 0.3 is 0 Å². The predicted molar refractivity (Wildman–Crippen MR) is 155 cm³/mol. The number of hydrogen-bond acceptors (Lipinski definition) is 3. The highest BCUT2D eigenvalue weighted by atomic mass is 16.2. The normalized spacial score (nSPS) is 21.0. The summed E-state index contributed by atoms with van der Waals surface area (Å²) in [6.45, 7) is 9.72. The summed E-state index contributed by atoms with van der Waals surface area (Å²) in [7, 11) is 0. The maximum absolute atomic E-state index is 13.8. The van der Waals surface area contributed by atoms with E-state index in [0.717, 1.165) is 48.6 Å². The van der Waals surface area contributed by atoms with Crippen LogP contribution in [0.2, 0.25) is 0 Å². The quantitative estimate of drug-likeness (QED) is 0.403. The van der Waals surface area contributed by atoms with Gasteiger partial charge in [-0.3, -0.25) is 9.59 Å². The Bertz CT molecular complexity index is 1250. The van der Waals surface area contributed by atoms with Crippen LogP contribution in [-0.2, 0) is 4.79 Å². The number of anilines is 2. The van der Waals surface area contributed by atoms with Gasteiger partial charge in [-0.25, -0.2) is 0 Å². The monoisotopic (exact) mass is 509 g/mol. The summed E-state index contributed by atoms with van der Waals surface area (Å²) >= 11 is 0. The summed E-state index contributed by atoms with van der Waals surface area (Å²) in [5.41, 5.74) is 4.83. The Morgan fingerprint density at radius 1 is 0.921 bits per heavy atom. The van der Waals surface area contributed by atoms with Gasteiger partial charge in [0.1, 0.15) is 0 Å². The van der Waals surface area contributed by atoms with Crippen molar-refractivity contribution in [2.24, 2.45) is 5.92 Å². The van der Waals surface area contributed by atoms with Crippen molar-refractivity contribution in [3.8, 4) is 0 Å². The van der Waals surface area contributed by atoms with E-state index in [2.05, 4.69) is 42.3 Å². The number of nitrogens with one attached hydrogen (secondary N) is 1. The van der Waals surface area contributed by atoms with Gasteiger partial charge < -0.3 is 15.1 Å². The van der Waals surface area contributed by atoms with Crippen molar-refractivity contribution in [3.05, 3.63) is 95.6 Å². The number of likely N-dealkylation sites (tertiary alicyclic amines) is 1. The van der Waals surface area contributed by atoms with Gasteiger partial charge in [0.05, 0.1) is 0 Å². The van der Waals surface area contributed by atoms with E-state index in [0.29, 0.717) is 5.92 Å². The fourth-order valence-electron chi connectivity index (χ4n) is 6.22. The number of carbonyl (C=O) groups is 2. The molecule has 2 heterocycles. The van der Waals surface area contributed by atoms with Crippen molar-refractivity contribution in [1.29, 1.82) is 0 Å². The summed E-state index contributed by atoms with van der Waals surface area (Å²) in [5, 5.41) is 3.06. The van der Waals surface area contributed by atoms with Crippen molar-refractivity contribution in [2.45, 2.75) is 57.9 Å². The molecule has 0 bridgehead atoms. The second kappa shape index (κ2) is 11.5. The van der Waals surface area contributed by atoms with E-state index >= 15 is 0 Å². The third kappa shape index (κ3) is 5.39. The number of hydrogen-bond donors (Lipinski definition) is 1. The highest BCUT2D eigenvalue weighted by Gasteiger charge is 2.38. The lowest BCUT2D eigenvalue weighted by Crippen LogP contribution is -2.45. The van der Waals surface area contributed by atoms with E-state index in [1.165, 1.54) is 18.4 Å². The predicted octanol–water partition coefficient (Wildman–Crippen LogP) is 6.68. The molecular formula is C33H39N3O2. The zero-order valence-electron chi connectivity index (χ0n) is 22.8. The molecule has 0 spiro atoms. The first-order valence-electron chi connectivity index (χ1n) is 14.1. The van der Waals surface area contributed by atoms with Gasteiger partial charge in [0.2, 0.25) is 5.91 Å². The van der Waals surface area contributed by atoms with E-state index in [4.69, 9.17) is 0 Å². The second-order valence-electron chi connectivity index (χ2n) is 10.9. The molecule has 5 heteroatoms. The van der Waals surface area contributed by atoms with Crippen LogP contribution in [0.15, 0.2) is 78.9 Å². The number of piperidine rings is 1. The Kier molecular flexibility index (Phi) is 7.94. The minimum atomic E-state index is -0.227. The van der Waals surface area contributed by atoms with Crippen LogP contribution in [-0.4, -0.2) is 42.4 Å². The number of carbonyl (C=O) groups excluding carboxylic acids is 2. The van der Waals surface area contributed by atoms with Gasteiger partial charge in [0, 0.05) is 28.9 Å². The maximum Gasteiger partial charge on any atom is 0.258 e. The number of para-hydroxylation sites is 2. The third-order valence-electron chi connectivity index (χ3n) is 8.57. The van der Waals surface area contributed by atoms with Crippen molar-refractivity contribution in [1.82, 2.24) is 4.90 Å². The first-order valence-corrected chi connectivity index (χ1v) is 14.1. The average molecular weight is 510 g/mol. The molecule has 3 unspecified atom stereocenters. The fraction of sp³-hybridized carbons (Fsp3) is 0.394. The molecule has 1 fully saturated rings. The van der Waals surface area contributed by atoms with Gasteiger partial charge in [-0.2, -0.15) is 0 Å². The molecule has 5 nitrogen and oxygen atoms in total. The van der Waals surface area contributed by atoms with Crippen LogP contribution in [0.25, 0.3) is 0 Å². The van der Waals surface area contributed by atoms with Gasteiger partial charge in [0.25, 0.3) is 5.91 Å². The third-order valence-corrected chi connectivity index (χ3v) is 8.57. The van der Waals surface area contributed by atoms with E-state index in [1.54, 1.807) is 0 Å². The number of rotatable bonds is 6. The molecule has 0 aromatic heterocycles. The molecule has 2 aliphatic rings. The molecule has 1 saturated heterocycles. The number of benzene rings is 3. The Balaban J connectivity index is 1.33. The van der Waals surface area contributed by atoms with Crippen LogP contribution < -0.4 is 10.2 Å². The second-order valence-corrected chi connectivity index (χ2v) is 10.9. The molecule has 38 heavy (non-hydrogen) atoms. The molecule has 3 aromatic rings. The summed E-state index contributed by atoms with van der Waals surface area (Å²) in [6.07, 6.45) is 3.09. The standard InChI is InChI=1S/C33H39N3O2/c1-4-35-20-18-26(19-21-35)25-14-16-27(17-15-25)33(38)36-23(2)22-30(29-12-8-9-13-31(29)36)24(3)32(37)34-28-10-6-5-7-11-28/h5-17,23-24,26,30H,4,18-22H2,1-3H3,(H,34,37). The lowest BCUT2D eigenvalue weighted by atomic mass is 9.77. The molecule has 2 aliphatic heterocycles. The Labute approximate surface area is 226 Å². The summed E-state index contributed by atoms with van der Waals surface area (Å²) in [6, 6.07) is 26.0. The minimum absolute atomic E-state index is 0.00309. The van der Waals surface area contributed by atoms with E-state index in [-0.39, 0.29) is 29.7 Å². The topological polar surface area (TPSA) is 52.7 Å². The van der Waals surface area contributed by atoms with Crippen LogP contribution in [0.1, 0.15) is 73.4 Å². The number of nitrogens with zero attached hydrogens (tertiary/aromatic N) is 2. The van der Waals surface area contributed by atoms with Crippen LogP contribution in [0, 0.1) is 5.92 Å². The Morgan fingerprint density at radius 2 is 1.58 bits per heavy atom. The molecule has 3 atom stereocenters. The van der Waals surface area contributed by atoms with Gasteiger partial charge in [-0.15, -0.1) is 0 Å². The van der Waals surface area contributed by atoms with Crippen LogP contribution in [0.5, 0.6) is 0 Å². The van der Waals surface area contributed by atoms with Gasteiger partial charge in [0.15, 0.2) is 0 Å². The first-order chi connectivity index (χ1) is 18.5. The highest BCUT2D eigenvalue weighted by Crippen LogP contribution is 2.43. The van der Waals surface area contributed by atoms with Crippen LogP contribution >= 0.6 is 0 Å². The zero-order chi connectivity index (χ0) is 26.6. The summed E-state index contributed by atoms with van der Waals surface area (Å²) in [4.78, 5) is 31.4. The molecule has 1 N–H and O–H groups in total. The molecule has 0 aliphatic carbocycles. The van der Waals surface area contributed by atoms with Crippen LogP contribution in [0.4, 0.5) is 11.4 Å². The van der Waals surface area contributed by atoms with Gasteiger partial charge in [-0.05, 0) is 99.1 Å². The van der Waals surface area contributed by atoms with E-state index in [9.17, 15) is 9.59 Å². The molecule has 198 valence electrons. The SMILES string of the molecule is CCN1CCC(c2ccc(C(=O)N3c4ccccc4C(C(C)C(=O)Nc4ccccc4)CC3C)cc2)CC1. The minimum Gasteiger partial charge on any atom is -0.326 e. The van der Waals surface area contributed by atoms with Crippen molar-refractivity contribution in [2.75, 3.05) is 29.9 Å². The van der Waals surface area contributed by atoms with Gasteiger partial charge in [-0.1, -0.05) is 62.4 Å². The lowest BCUT2D eigenvalue weighted by Gasteiger charge is -2.41. The van der Waals surface area contributed by atoms with E-state index in [1.807, 2.05) is 72.5 Å². The molecule has 2 amide bonds. The Hall–Kier alpha value is -3.44. The fourth-order valence-corrected chi connectivity index (χ4v) is 6.22. The van der Waals surface area contributed by atoms with Crippen LogP contribution in [0.3, 0.4) is 0 Å². The van der Waals surface area contributed by atoms with Crippen molar-refractivity contribution < 1.29 is 9.59 Å². The average Bonchev–Trinajstić information content (AvgIpc) is 2.96. The summed E-state index contributed by atoms with van der Waals surface area (Å²) < 4.78 is 0.